The molecule has 1 rings (SSSR count). The zero-order chi connectivity index (χ0) is 26.5. The Morgan fingerprint density at radius 2 is 1.47 bits per heavy atom. The van der Waals surface area contributed by atoms with Crippen molar-refractivity contribution in [3.8, 4) is 0 Å². The molecular formula is C27H51IO4Si2. The number of hydrogen-bond acceptors (Lipinski definition) is 4. The first-order valence-corrected chi connectivity index (χ1v) is 19.8. The molecule has 6 atom stereocenters. The molecule has 0 saturated carbocycles. The maximum absolute atomic E-state index is 10.7. The zero-order valence-electron chi connectivity index (χ0n) is 23.8. The highest BCUT2D eigenvalue weighted by Gasteiger charge is 2.53. The lowest BCUT2D eigenvalue weighted by atomic mass is 9.82. The number of rotatable bonds is 10. The Kier molecular flexibility index (Phi) is 12.0. The normalized spacial score (nSPS) is 28.6. The van der Waals surface area contributed by atoms with Gasteiger partial charge in [0.2, 0.25) is 0 Å². The number of aldehydes is 1. The molecular weight excluding hydrogens is 571 g/mol. The summed E-state index contributed by atoms with van der Waals surface area (Å²) in [6.07, 6.45) is 8.10. The molecule has 198 valence electrons. The monoisotopic (exact) mass is 622 g/mol. The first-order chi connectivity index (χ1) is 15.4. The highest BCUT2D eigenvalue weighted by atomic mass is 127. The van der Waals surface area contributed by atoms with E-state index in [0.717, 1.165) is 19.1 Å². The lowest BCUT2D eigenvalue weighted by Gasteiger charge is -2.53. The molecule has 0 aromatic heterocycles. The summed E-state index contributed by atoms with van der Waals surface area (Å²) in [4.78, 5) is 10.7. The van der Waals surface area contributed by atoms with Crippen LogP contribution in [0.3, 0.4) is 0 Å². The largest absolute Gasteiger partial charge is 0.411 e. The van der Waals surface area contributed by atoms with Crippen molar-refractivity contribution in [3.05, 3.63) is 22.3 Å². The van der Waals surface area contributed by atoms with Gasteiger partial charge in [-0.1, -0.05) is 90.1 Å². The molecule has 0 aromatic carbocycles. The Labute approximate surface area is 226 Å². The fourth-order valence-corrected chi connectivity index (χ4v) is 7.17. The molecule has 4 nitrogen and oxygen atoms in total. The van der Waals surface area contributed by atoms with E-state index < -0.39 is 16.6 Å². The van der Waals surface area contributed by atoms with Crippen molar-refractivity contribution in [2.45, 2.75) is 129 Å². The van der Waals surface area contributed by atoms with Gasteiger partial charge in [-0.05, 0) is 59.3 Å². The maximum Gasteiger partial charge on any atom is 0.192 e. The molecule has 0 amide bonds. The first kappa shape index (κ1) is 32.2. The van der Waals surface area contributed by atoms with E-state index in [9.17, 15) is 4.79 Å². The van der Waals surface area contributed by atoms with Gasteiger partial charge < -0.3 is 13.6 Å². The minimum Gasteiger partial charge on any atom is -0.411 e. The lowest BCUT2D eigenvalue weighted by Crippen LogP contribution is -2.63. The number of halogens is 1. The average Bonchev–Trinajstić information content (AvgIpc) is 2.67. The summed E-state index contributed by atoms with van der Waals surface area (Å²) in [5.74, 6) is 0.401. The van der Waals surface area contributed by atoms with E-state index in [4.69, 9.17) is 13.6 Å². The molecule has 1 saturated heterocycles. The van der Waals surface area contributed by atoms with Crippen LogP contribution in [0.15, 0.2) is 22.3 Å². The minimum absolute atomic E-state index is 0.0288. The maximum atomic E-state index is 10.7. The van der Waals surface area contributed by atoms with Gasteiger partial charge in [0, 0.05) is 11.8 Å². The third kappa shape index (κ3) is 8.37. The number of carbonyl (C=O) groups excluding carboxylic acids is 1. The van der Waals surface area contributed by atoms with Crippen molar-refractivity contribution in [2.75, 3.05) is 0 Å². The van der Waals surface area contributed by atoms with Gasteiger partial charge in [-0.3, -0.25) is 4.79 Å². The van der Waals surface area contributed by atoms with Gasteiger partial charge in [-0.15, -0.1) is 0 Å². The van der Waals surface area contributed by atoms with Crippen LogP contribution < -0.4 is 0 Å². The first-order valence-electron chi connectivity index (χ1n) is 12.8. The van der Waals surface area contributed by atoms with Gasteiger partial charge in [-0.25, -0.2) is 0 Å². The van der Waals surface area contributed by atoms with Crippen LogP contribution in [0.4, 0.5) is 0 Å². The van der Waals surface area contributed by atoms with Crippen molar-refractivity contribution in [2.24, 2.45) is 11.8 Å². The summed E-state index contributed by atoms with van der Waals surface area (Å²) in [6.45, 7) is 27.6. The van der Waals surface area contributed by atoms with E-state index in [1.165, 1.54) is 0 Å². The molecule has 0 N–H and O–H groups in total. The molecule has 1 aliphatic heterocycles. The Hall–Kier alpha value is 0.194. The van der Waals surface area contributed by atoms with Crippen LogP contribution in [0.2, 0.25) is 36.3 Å². The second kappa shape index (κ2) is 12.6. The van der Waals surface area contributed by atoms with Crippen LogP contribution in [0.1, 0.15) is 68.2 Å². The van der Waals surface area contributed by atoms with Crippen molar-refractivity contribution in [1.29, 1.82) is 0 Å². The van der Waals surface area contributed by atoms with E-state index in [0.29, 0.717) is 0 Å². The van der Waals surface area contributed by atoms with Gasteiger partial charge in [0.25, 0.3) is 0 Å². The number of carbonyl (C=O) groups is 1. The van der Waals surface area contributed by atoms with Gasteiger partial charge in [0.1, 0.15) is 6.29 Å². The molecule has 34 heavy (non-hydrogen) atoms. The van der Waals surface area contributed by atoms with Gasteiger partial charge in [0.15, 0.2) is 16.6 Å². The Morgan fingerprint density at radius 1 is 0.971 bits per heavy atom. The highest BCUT2D eigenvalue weighted by molar-refractivity contribution is 14.1. The quantitative estimate of drug-likeness (QED) is 0.106. The summed E-state index contributed by atoms with van der Waals surface area (Å²) in [5.41, 5.74) is 0. The summed E-state index contributed by atoms with van der Waals surface area (Å²) in [7, 11) is -4.13. The molecule has 0 spiro atoms. The van der Waals surface area contributed by atoms with Crippen LogP contribution in [-0.2, 0) is 18.4 Å². The molecule has 1 aliphatic rings. The Morgan fingerprint density at radius 3 is 1.91 bits per heavy atom. The van der Waals surface area contributed by atoms with Crippen molar-refractivity contribution in [1.82, 2.24) is 0 Å². The lowest BCUT2D eigenvalue weighted by molar-refractivity contribution is -0.197. The van der Waals surface area contributed by atoms with Crippen LogP contribution in [0, 0.1) is 11.8 Å². The van der Waals surface area contributed by atoms with Gasteiger partial charge in [-0.2, -0.15) is 0 Å². The predicted molar refractivity (Wildman–Crippen MR) is 159 cm³/mol. The molecule has 0 radical (unpaired) electrons. The fraction of sp³-hybridized carbons (Fsp3) is 0.815. The van der Waals surface area contributed by atoms with E-state index in [1.54, 1.807) is 6.08 Å². The van der Waals surface area contributed by atoms with Crippen molar-refractivity contribution in [3.63, 3.8) is 0 Å². The standard InChI is InChI=1S/C27H51IO4Si2/c1-20(17-18-28)23-25(32-34(11,12)27(6,7)8)24(31-33(9,10)26(3,4)5)21(2)22(30-23)16-14-13-15-19-29/h13,15,17-25H,14,16H2,1-12H3/b15-13+,18-17+/t20-,21-,22-,23-,24-,25+/m0/s1. The molecule has 0 aliphatic carbocycles. The summed E-state index contributed by atoms with van der Waals surface area (Å²) < 4.78 is 23.3. The van der Waals surface area contributed by atoms with Crippen LogP contribution >= 0.6 is 22.6 Å². The second-order valence-corrected chi connectivity index (χ2v) is 23.2. The summed E-state index contributed by atoms with van der Waals surface area (Å²) in [6, 6.07) is 0. The van der Waals surface area contributed by atoms with Crippen molar-refractivity contribution < 1.29 is 18.4 Å². The predicted octanol–water partition coefficient (Wildman–Crippen LogP) is 8.29. The molecule has 1 fully saturated rings. The van der Waals surface area contributed by atoms with Crippen molar-refractivity contribution >= 4 is 45.5 Å². The Bertz CT molecular complexity index is 706. The number of ether oxygens (including phenoxy) is 1. The van der Waals surface area contributed by atoms with Crippen LogP contribution in [-0.4, -0.2) is 47.3 Å². The van der Waals surface area contributed by atoms with E-state index in [-0.39, 0.29) is 46.3 Å². The molecule has 1 heterocycles. The summed E-state index contributed by atoms with van der Waals surface area (Å²) >= 11 is 2.29. The van der Waals surface area contributed by atoms with Gasteiger partial charge in [0.05, 0.1) is 24.4 Å². The molecule has 0 aromatic rings. The smallest absolute Gasteiger partial charge is 0.192 e. The third-order valence-corrected chi connectivity index (χ3v) is 17.6. The number of allylic oxidation sites excluding steroid dienone is 2. The minimum atomic E-state index is -2.07. The average molecular weight is 623 g/mol. The Balaban J connectivity index is 3.51. The van der Waals surface area contributed by atoms with E-state index >= 15 is 0 Å². The zero-order valence-corrected chi connectivity index (χ0v) is 27.9. The fourth-order valence-electron chi connectivity index (χ4n) is 3.83. The SMILES string of the molecule is C[C@@H]1[C@H](O[Si](C)(C)C(C)(C)C)[C@H](O[Si](C)(C)C(C)(C)C)[C@H]([C@@H](C)/C=C/I)O[C@H]1CC/C=C/C=O. The summed E-state index contributed by atoms with van der Waals surface area (Å²) in [5, 5.41) is 0.207. The topological polar surface area (TPSA) is 44.8 Å². The highest BCUT2D eigenvalue weighted by Crippen LogP contribution is 2.45. The van der Waals surface area contributed by atoms with E-state index in [1.807, 2.05) is 6.08 Å². The molecule has 7 heteroatoms. The van der Waals surface area contributed by atoms with Gasteiger partial charge >= 0.3 is 0 Å². The number of hydrogen-bond donors (Lipinski definition) is 0. The van der Waals surface area contributed by atoms with Crippen LogP contribution in [0.25, 0.3) is 0 Å². The van der Waals surface area contributed by atoms with Crippen LogP contribution in [0.5, 0.6) is 0 Å². The molecule has 0 unspecified atom stereocenters. The third-order valence-electron chi connectivity index (χ3n) is 8.28. The van der Waals surface area contributed by atoms with E-state index in [2.05, 4.69) is 114 Å². The second-order valence-electron chi connectivity index (χ2n) is 13.0. The molecule has 0 bridgehead atoms.